The maximum Gasteiger partial charge on any atom is 0.201 e. The maximum atomic E-state index is 12.4. The van der Waals surface area contributed by atoms with Gasteiger partial charge in [-0.15, -0.1) is 0 Å². The Hall–Kier alpha value is -2.03. The molecule has 19 heavy (non-hydrogen) atoms. The SMILES string of the molecule is CC1=C(CCC(C)[C]=O)C(=O)c2ccccc2C1=O. The van der Waals surface area contributed by atoms with Crippen molar-refractivity contribution in [2.24, 2.45) is 5.92 Å². The first-order valence-electron chi connectivity index (χ1n) is 6.32. The number of ketones is 2. The number of hydrogen-bond acceptors (Lipinski definition) is 3. The van der Waals surface area contributed by atoms with E-state index in [1.807, 2.05) is 6.29 Å². The first-order chi connectivity index (χ1) is 9.06. The molecule has 0 N–H and O–H groups in total. The predicted molar refractivity (Wildman–Crippen MR) is 71.9 cm³/mol. The highest BCUT2D eigenvalue weighted by Gasteiger charge is 2.29. The Balaban J connectivity index is 2.35. The second kappa shape index (κ2) is 5.31. The van der Waals surface area contributed by atoms with Crippen LogP contribution in [-0.4, -0.2) is 17.9 Å². The van der Waals surface area contributed by atoms with Gasteiger partial charge in [0.1, 0.15) is 0 Å². The van der Waals surface area contributed by atoms with E-state index in [4.69, 9.17) is 0 Å². The summed E-state index contributed by atoms with van der Waals surface area (Å²) < 4.78 is 0. The lowest BCUT2D eigenvalue weighted by atomic mass is 9.82. The Morgan fingerprint density at radius 3 is 2.26 bits per heavy atom. The summed E-state index contributed by atoms with van der Waals surface area (Å²) in [5, 5.41) is 0. The molecular weight excluding hydrogens is 240 g/mol. The quantitative estimate of drug-likeness (QED) is 0.831. The number of hydrogen-bond donors (Lipinski definition) is 0. The Kier molecular flexibility index (Phi) is 3.74. The molecule has 0 bridgehead atoms. The van der Waals surface area contributed by atoms with Crippen molar-refractivity contribution in [3.8, 4) is 0 Å². The van der Waals surface area contributed by atoms with E-state index >= 15 is 0 Å². The van der Waals surface area contributed by atoms with Gasteiger partial charge >= 0.3 is 0 Å². The summed E-state index contributed by atoms with van der Waals surface area (Å²) in [5.41, 5.74) is 1.98. The molecule has 3 heteroatoms. The highest BCUT2D eigenvalue weighted by molar-refractivity contribution is 6.26. The Bertz CT molecular complexity index is 581. The molecule has 0 fully saturated rings. The normalized spacial score (nSPS) is 16.3. The average molecular weight is 255 g/mol. The van der Waals surface area contributed by atoms with Crippen LogP contribution in [0, 0.1) is 5.92 Å². The van der Waals surface area contributed by atoms with Gasteiger partial charge in [0.25, 0.3) is 0 Å². The fourth-order valence-electron chi connectivity index (χ4n) is 2.27. The lowest BCUT2D eigenvalue weighted by molar-refractivity contribution is 0.0971. The van der Waals surface area contributed by atoms with Crippen LogP contribution in [0.5, 0.6) is 0 Å². The molecule has 0 spiro atoms. The lowest BCUT2D eigenvalue weighted by Crippen LogP contribution is -2.21. The smallest absolute Gasteiger partial charge is 0.201 e. The molecule has 2 rings (SSSR count). The number of Topliss-reactive ketones (excluding diaryl/α,β-unsaturated/α-hetero) is 2. The van der Waals surface area contributed by atoms with Crippen LogP contribution >= 0.6 is 0 Å². The number of rotatable bonds is 4. The summed E-state index contributed by atoms with van der Waals surface area (Å²) in [5.74, 6) is -0.404. The van der Waals surface area contributed by atoms with Crippen molar-refractivity contribution in [2.75, 3.05) is 0 Å². The second-order valence-electron chi connectivity index (χ2n) is 4.86. The molecule has 1 aliphatic carbocycles. The van der Waals surface area contributed by atoms with Crippen LogP contribution in [0.2, 0.25) is 0 Å². The van der Waals surface area contributed by atoms with E-state index in [0.717, 1.165) is 0 Å². The largest absolute Gasteiger partial charge is 0.291 e. The number of carbonyl (C=O) groups excluding carboxylic acids is 3. The first-order valence-corrected chi connectivity index (χ1v) is 6.32. The van der Waals surface area contributed by atoms with Crippen LogP contribution in [-0.2, 0) is 4.79 Å². The predicted octanol–water partition coefficient (Wildman–Crippen LogP) is 2.91. The number of fused-ring (bicyclic) bond motifs is 1. The van der Waals surface area contributed by atoms with Gasteiger partial charge in [-0.25, -0.2) is 0 Å². The Morgan fingerprint density at radius 2 is 1.68 bits per heavy atom. The summed E-state index contributed by atoms with van der Waals surface area (Å²) in [4.78, 5) is 35.1. The second-order valence-corrected chi connectivity index (χ2v) is 4.86. The molecule has 1 aromatic rings. The minimum Gasteiger partial charge on any atom is -0.291 e. The van der Waals surface area contributed by atoms with E-state index in [9.17, 15) is 14.4 Å². The van der Waals surface area contributed by atoms with Crippen LogP contribution in [0.25, 0.3) is 0 Å². The summed E-state index contributed by atoms with van der Waals surface area (Å²) in [7, 11) is 0. The fraction of sp³-hybridized carbons (Fsp3) is 0.312. The Morgan fingerprint density at radius 1 is 1.11 bits per heavy atom. The minimum atomic E-state index is -0.222. The molecule has 1 aliphatic rings. The van der Waals surface area contributed by atoms with Crippen molar-refractivity contribution in [1.29, 1.82) is 0 Å². The number of carbonyl (C=O) groups is 2. The summed E-state index contributed by atoms with van der Waals surface area (Å²) >= 11 is 0. The maximum absolute atomic E-state index is 12.4. The van der Waals surface area contributed by atoms with Crippen LogP contribution in [0.1, 0.15) is 47.4 Å². The lowest BCUT2D eigenvalue weighted by Gasteiger charge is -2.19. The molecule has 1 radical (unpaired) electrons. The van der Waals surface area contributed by atoms with Crippen LogP contribution in [0.4, 0.5) is 0 Å². The van der Waals surface area contributed by atoms with Gasteiger partial charge < -0.3 is 0 Å². The van der Waals surface area contributed by atoms with Gasteiger partial charge in [0.15, 0.2) is 11.6 Å². The zero-order valence-corrected chi connectivity index (χ0v) is 11.0. The minimum absolute atomic E-state index is 0.0899. The average Bonchev–Trinajstić information content (AvgIpc) is 2.44. The van der Waals surface area contributed by atoms with Crippen LogP contribution in [0.15, 0.2) is 35.4 Å². The van der Waals surface area contributed by atoms with Gasteiger partial charge in [-0.1, -0.05) is 31.2 Å². The molecule has 1 aromatic carbocycles. The third-order valence-electron chi connectivity index (χ3n) is 3.51. The molecule has 0 amide bonds. The standard InChI is InChI=1S/C16H15O3/c1-10(9-17)7-8-12-11(2)15(18)13-5-3-4-6-14(13)16(12)19/h3-6,10H,7-8H2,1-2H3. The van der Waals surface area contributed by atoms with Crippen LogP contribution in [0.3, 0.4) is 0 Å². The zero-order chi connectivity index (χ0) is 14.0. The Labute approximate surface area is 112 Å². The molecular formula is C16H15O3. The van der Waals surface area contributed by atoms with Gasteiger partial charge in [-0.2, -0.15) is 0 Å². The molecule has 1 unspecified atom stereocenters. The topological polar surface area (TPSA) is 51.2 Å². The van der Waals surface area contributed by atoms with E-state index in [1.54, 1.807) is 38.1 Å². The molecule has 3 nitrogen and oxygen atoms in total. The monoisotopic (exact) mass is 255 g/mol. The third kappa shape index (κ3) is 2.41. The third-order valence-corrected chi connectivity index (χ3v) is 3.51. The van der Waals surface area contributed by atoms with E-state index in [0.29, 0.717) is 35.1 Å². The first kappa shape index (κ1) is 13.4. The van der Waals surface area contributed by atoms with Gasteiger partial charge in [0.2, 0.25) is 6.29 Å². The van der Waals surface area contributed by atoms with Crippen molar-refractivity contribution < 1.29 is 14.4 Å². The summed E-state index contributed by atoms with van der Waals surface area (Å²) in [6.45, 7) is 3.44. The van der Waals surface area contributed by atoms with Crippen molar-refractivity contribution in [2.45, 2.75) is 26.7 Å². The van der Waals surface area contributed by atoms with E-state index < -0.39 is 0 Å². The van der Waals surface area contributed by atoms with Gasteiger partial charge in [0.05, 0.1) is 0 Å². The molecule has 1 atom stereocenters. The van der Waals surface area contributed by atoms with Gasteiger partial charge in [-0.3, -0.25) is 14.4 Å². The van der Waals surface area contributed by atoms with E-state index in [2.05, 4.69) is 0 Å². The molecule has 0 saturated carbocycles. The highest BCUT2D eigenvalue weighted by atomic mass is 16.1. The number of benzene rings is 1. The van der Waals surface area contributed by atoms with Crippen molar-refractivity contribution >= 4 is 17.9 Å². The van der Waals surface area contributed by atoms with Gasteiger partial charge in [0, 0.05) is 28.2 Å². The van der Waals surface area contributed by atoms with Crippen LogP contribution < -0.4 is 0 Å². The molecule has 97 valence electrons. The number of allylic oxidation sites excluding steroid dienone is 2. The molecule has 0 aromatic heterocycles. The molecule has 0 aliphatic heterocycles. The summed E-state index contributed by atoms with van der Waals surface area (Å²) in [6.07, 6.45) is 2.88. The van der Waals surface area contributed by atoms with Crippen molar-refractivity contribution in [3.05, 3.63) is 46.5 Å². The van der Waals surface area contributed by atoms with E-state index in [-0.39, 0.29) is 17.5 Å². The van der Waals surface area contributed by atoms with Gasteiger partial charge in [-0.05, 0) is 19.8 Å². The zero-order valence-electron chi connectivity index (χ0n) is 11.0. The van der Waals surface area contributed by atoms with E-state index in [1.165, 1.54) is 0 Å². The summed E-state index contributed by atoms with van der Waals surface area (Å²) in [6, 6.07) is 6.87. The molecule has 0 saturated heterocycles. The highest BCUT2D eigenvalue weighted by Crippen LogP contribution is 2.29. The fourth-order valence-corrected chi connectivity index (χ4v) is 2.27. The molecule has 0 heterocycles. The van der Waals surface area contributed by atoms with Crippen molar-refractivity contribution in [3.63, 3.8) is 0 Å². The van der Waals surface area contributed by atoms with Crippen molar-refractivity contribution in [1.82, 2.24) is 0 Å².